The van der Waals surface area contributed by atoms with Crippen molar-refractivity contribution in [3.05, 3.63) is 61.2 Å². The molecule has 0 saturated carbocycles. The van der Waals surface area contributed by atoms with Gasteiger partial charge in [-0.25, -0.2) is 9.97 Å². The maximum absolute atomic E-state index is 12.2. The molecule has 1 aromatic heterocycles. The van der Waals surface area contributed by atoms with E-state index in [1.54, 1.807) is 17.3 Å². The highest BCUT2D eigenvalue weighted by Crippen LogP contribution is 2.19. The fourth-order valence-corrected chi connectivity index (χ4v) is 2.38. The smallest absolute Gasteiger partial charge is 0.246 e. The van der Waals surface area contributed by atoms with Crippen LogP contribution in [0.3, 0.4) is 0 Å². The second-order valence-electron chi connectivity index (χ2n) is 6.75. The zero-order valence-corrected chi connectivity index (χ0v) is 15.1. The highest BCUT2D eigenvalue weighted by atomic mass is 16.5. The van der Waals surface area contributed by atoms with Crippen LogP contribution in [0.2, 0.25) is 0 Å². The molecule has 0 atom stereocenters. The topological polar surface area (TPSA) is 55.3 Å². The highest BCUT2D eigenvalue weighted by molar-refractivity contribution is 5.87. The van der Waals surface area contributed by atoms with Crippen LogP contribution >= 0.6 is 0 Å². The first-order valence-electron chi connectivity index (χ1n) is 8.28. The minimum absolute atomic E-state index is 0.106. The van der Waals surface area contributed by atoms with Crippen molar-refractivity contribution < 1.29 is 9.53 Å². The second kappa shape index (κ2) is 8.53. The SMILES string of the molecule is C=CC(=O)N(CCOC(C)(C)C)Cc1cccc(-c2cncnc2)c1. The van der Waals surface area contributed by atoms with Gasteiger partial charge in [0.1, 0.15) is 6.33 Å². The van der Waals surface area contributed by atoms with E-state index in [-0.39, 0.29) is 11.5 Å². The van der Waals surface area contributed by atoms with Gasteiger partial charge in [-0.1, -0.05) is 24.8 Å². The van der Waals surface area contributed by atoms with E-state index < -0.39 is 0 Å². The molecule has 0 spiro atoms. The lowest BCUT2D eigenvalue weighted by Gasteiger charge is -2.25. The minimum atomic E-state index is -0.226. The van der Waals surface area contributed by atoms with E-state index in [1.807, 2.05) is 45.0 Å². The molecule has 2 rings (SSSR count). The second-order valence-corrected chi connectivity index (χ2v) is 6.75. The summed E-state index contributed by atoms with van der Waals surface area (Å²) >= 11 is 0. The van der Waals surface area contributed by atoms with Gasteiger partial charge in [-0.05, 0) is 44.0 Å². The van der Waals surface area contributed by atoms with Crippen LogP contribution in [-0.2, 0) is 16.1 Å². The molecular formula is C20H25N3O2. The van der Waals surface area contributed by atoms with Gasteiger partial charge in [-0.2, -0.15) is 0 Å². The van der Waals surface area contributed by atoms with Gasteiger partial charge >= 0.3 is 0 Å². The lowest BCUT2D eigenvalue weighted by atomic mass is 10.1. The third-order valence-corrected chi connectivity index (χ3v) is 3.58. The number of carbonyl (C=O) groups is 1. The Hall–Kier alpha value is -2.53. The molecule has 1 aromatic carbocycles. The molecule has 1 amide bonds. The van der Waals surface area contributed by atoms with E-state index in [0.29, 0.717) is 19.7 Å². The molecule has 0 unspecified atom stereocenters. The summed E-state index contributed by atoms with van der Waals surface area (Å²) in [5.41, 5.74) is 2.78. The zero-order chi connectivity index (χ0) is 18.3. The molecule has 0 fully saturated rings. The molecule has 0 bridgehead atoms. The standard InChI is InChI=1S/C20H25N3O2/c1-5-19(24)23(9-10-25-20(2,3)4)14-16-7-6-8-17(11-16)18-12-21-15-22-13-18/h5-8,11-13,15H,1,9-10,14H2,2-4H3. The van der Waals surface area contributed by atoms with Crippen LogP contribution in [-0.4, -0.2) is 39.5 Å². The first-order chi connectivity index (χ1) is 11.9. The fourth-order valence-electron chi connectivity index (χ4n) is 2.38. The van der Waals surface area contributed by atoms with Crippen molar-refractivity contribution in [2.45, 2.75) is 32.9 Å². The Morgan fingerprint density at radius 3 is 2.60 bits per heavy atom. The summed E-state index contributed by atoms with van der Waals surface area (Å²) in [6, 6.07) is 8.03. The molecule has 0 aliphatic rings. The van der Waals surface area contributed by atoms with Gasteiger partial charge < -0.3 is 9.64 Å². The van der Waals surface area contributed by atoms with Crippen LogP contribution in [0.5, 0.6) is 0 Å². The number of aromatic nitrogens is 2. The van der Waals surface area contributed by atoms with Crippen LogP contribution in [0.25, 0.3) is 11.1 Å². The van der Waals surface area contributed by atoms with Crippen molar-refractivity contribution in [3.8, 4) is 11.1 Å². The number of rotatable bonds is 7. The number of ether oxygens (including phenoxy) is 1. The third-order valence-electron chi connectivity index (χ3n) is 3.58. The molecular weight excluding hydrogens is 314 g/mol. The van der Waals surface area contributed by atoms with E-state index in [4.69, 9.17) is 4.74 Å². The molecule has 0 N–H and O–H groups in total. The summed E-state index contributed by atoms with van der Waals surface area (Å²) in [6.45, 7) is 11.1. The van der Waals surface area contributed by atoms with Crippen LogP contribution in [0.15, 0.2) is 55.6 Å². The molecule has 5 nitrogen and oxygen atoms in total. The lowest BCUT2D eigenvalue weighted by Crippen LogP contribution is -2.34. The van der Waals surface area contributed by atoms with Gasteiger partial charge in [-0.15, -0.1) is 0 Å². The van der Waals surface area contributed by atoms with Gasteiger partial charge in [0.25, 0.3) is 0 Å². The van der Waals surface area contributed by atoms with Gasteiger partial charge in [0, 0.05) is 31.0 Å². The van der Waals surface area contributed by atoms with Gasteiger partial charge in [-0.3, -0.25) is 4.79 Å². The summed E-state index contributed by atoms with van der Waals surface area (Å²) < 4.78 is 5.74. The first kappa shape index (κ1) is 18.8. The van der Waals surface area contributed by atoms with E-state index in [2.05, 4.69) is 16.5 Å². The number of amides is 1. The Labute approximate surface area is 149 Å². The molecule has 0 aliphatic carbocycles. The average molecular weight is 339 g/mol. The molecule has 5 heteroatoms. The Bertz CT molecular complexity index is 708. The highest BCUT2D eigenvalue weighted by Gasteiger charge is 2.15. The van der Waals surface area contributed by atoms with Crippen LogP contribution in [0.1, 0.15) is 26.3 Å². The van der Waals surface area contributed by atoms with Crippen molar-refractivity contribution in [2.24, 2.45) is 0 Å². The number of carbonyl (C=O) groups excluding carboxylic acids is 1. The van der Waals surface area contributed by atoms with Gasteiger partial charge in [0.2, 0.25) is 5.91 Å². The Morgan fingerprint density at radius 1 is 1.24 bits per heavy atom. The van der Waals surface area contributed by atoms with E-state index >= 15 is 0 Å². The summed E-state index contributed by atoms with van der Waals surface area (Å²) in [4.78, 5) is 22.0. The quantitative estimate of drug-likeness (QED) is 0.725. The van der Waals surface area contributed by atoms with Crippen molar-refractivity contribution in [1.29, 1.82) is 0 Å². The summed E-state index contributed by atoms with van der Waals surface area (Å²) in [5.74, 6) is -0.106. The van der Waals surface area contributed by atoms with Crippen LogP contribution in [0.4, 0.5) is 0 Å². The molecule has 25 heavy (non-hydrogen) atoms. The normalized spacial score (nSPS) is 11.2. The predicted molar refractivity (Wildman–Crippen MR) is 98.8 cm³/mol. The Kier molecular flexibility index (Phi) is 6.42. The monoisotopic (exact) mass is 339 g/mol. The molecule has 1 heterocycles. The molecule has 132 valence electrons. The molecule has 2 aromatic rings. The summed E-state index contributed by atoms with van der Waals surface area (Å²) in [7, 11) is 0. The van der Waals surface area contributed by atoms with Gasteiger partial charge in [0.15, 0.2) is 0 Å². The predicted octanol–water partition coefficient (Wildman–Crippen LogP) is 3.47. The largest absolute Gasteiger partial charge is 0.374 e. The lowest BCUT2D eigenvalue weighted by molar-refractivity contribution is -0.128. The van der Waals surface area contributed by atoms with Crippen molar-refractivity contribution >= 4 is 5.91 Å². The molecule has 0 radical (unpaired) electrons. The van der Waals surface area contributed by atoms with Crippen molar-refractivity contribution in [1.82, 2.24) is 14.9 Å². The average Bonchev–Trinajstić information content (AvgIpc) is 2.60. The minimum Gasteiger partial charge on any atom is -0.374 e. The van der Waals surface area contributed by atoms with Crippen molar-refractivity contribution in [3.63, 3.8) is 0 Å². The first-order valence-corrected chi connectivity index (χ1v) is 8.28. The summed E-state index contributed by atoms with van der Waals surface area (Å²) in [6.07, 6.45) is 6.39. The maximum atomic E-state index is 12.2. The fraction of sp³-hybridized carbons (Fsp3) is 0.350. The number of hydrogen-bond donors (Lipinski definition) is 0. The number of benzene rings is 1. The van der Waals surface area contributed by atoms with E-state index in [1.165, 1.54) is 12.4 Å². The maximum Gasteiger partial charge on any atom is 0.246 e. The van der Waals surface area contributed by atoms with E-state index in [0.717, 1.165) is 16.7 Å². The van der Waals surface area contributed by atoms with Gasteiger partial charge in [0.05, 0.1) is 12.2 Å². The molecule has 0 saturated heterocycles. The van der Waals surface area contributed by atoms with Crippen LogP contribution < -0.4 is 0 Å². The number of nitrogens with zero attached hydrogens (tertiary/aromatic N) is 3. The van der Waals surface area contributed by atoms with Crippen molar-refractivity contribution in [2.75, 3.05) is 13.2 Å². The Balaban J connectivity index is 2.10. The van der Waals surface area contributed by atoms with E-state index in [9.17, 15) is 4.79 Å². The van der Waals surface area contributed by atoms with Crippen LogP contribution in [0, 0.1) is 0 Å². The molecule has 0 aliphatic heterocycles. The zero-order valence-electron chi connectivity index (χ0n) is 15.1. The summed E-state index contributed by atoms with van der Waals surface area (Å²) in [5, 5.41) is 0. The number of hydrogen-bond acceptors (Lipinski definition) is 4. The Morgan fingerprint density at radius 2 is 1.96 bits per heavy atom. The third kappa shape index (κ3) is 6.12.